The summed E-state index contributed by atoms with van der Waals surface area (Å²) in [5, 5.41) is 3.36. The zero-order valence-electron chi connectivity index (χ0n) is 18.0. The van der Waals surface area contributed by atoms with Gasteiger partial charge in [0.1, 0.15) is 0 Å². The van der Waals surface area contributed by atoms with Crippen molar-refractivity contribution in [2.75, 3.05) is 19.0 Å². The molecular formula is C25H25ClN2O3. The number of aliphatic imine (C=N–C) groups is 1. The third kappa shape index (κ3) is 6.09. The fraction of sp³-hybridized carbons (Fsp3) is 0.200. The molecule has 0 heterocycles. The molecule has 6 heteroatoms. The molecule has 3 rings (SSSR count). The molecule has 3 aromatic carbocycles. The Morgan fingerprint density at radius 2 is 1.81 bits per heavy atom. The SMILES string of the molecule is COc1cc(C=Nc2ccc(C)cc2C)ccc1OCC(=O)Nc1ccc(C)c(Cl)c1. The zero-order valence-corrected chi connectivity index (χ0v) is 18.8. The Morgan fingerprint density at radius 1 is 1.00 bits per heavy atom. The van der Waals surface area contributed by atoms with Crippen LogP contribution < -0.4 is 14.8 Å². The Morgan fingerprint density at radius 3 is 2.52 bits per heavy atom. The van der Waals surface area contributed by atoms with Crippen molar-refractivity contribution in [2.24, 2.45) is 4.99 Å². The lowest BCUT2D eigenvalue weighted by Crippen LogP contribution is -2.20. The van der Waals surface area contributed by atoms with Crippen LogP contribution in [-0.2, 0) is 4.79 Å². The summed E-state index contributed by atoms with van der Waals surface area (Å²) in [7, 11) is 1.56. The number of carbonyl (C=O) groups is 1. The molecule has 0 aliphatic carbocycles. The summed E-state index contributed by atoms with van der Waals surface area (Å²) in [5.74, 6) is 0.710. The van der Waals surface area contributed by atoms with Crippen molar-refractivity contribution in [1.82, 2.24) is 0 Å². The van der Waals surface area contributed by atoms with Crippen LogP contribution in [0.3, 0.4) is 0 Å². The van der Waals surface area contributed by atoms with Gasteiger partial charge in [0.25, 0.3) is 5.91 Å². The third-order valence-electron chi connectivity index (χ3n) is 4.71. The van der Waals surface area contributed by atoms with E-state index >= 15 is 0 Å². The summed E-state index contributed by atoms with van der Waals surface area (Å²) in [4.78, 5) is 16.8. The van der Waals surface area contributed by atoms with E-state index in [0.29, 0.717) is 22.2 Å². The molecule has 0 spiro atoms. The van der Waals surface area contributed by atoms with Crippen LogP contribution in [0.15, 0.2) is 59.6 Å². The first-order chi connectivity index (χ1) is 14.9. The Hall–Kier alpha value is -3.31. The van der Waals surface area contributed by atoms with E-state index in [4.69, 9.17) is 21.1 Å². The quantitative estimate of drug-likeness (QED) is 0.459. The predicted molar refractivity (Wildman–Crippen MR) is 126 cm³/mol. The minimum Gasteiger partial charge on any atom is -0.493 e. The summed E-state index contributed by atoms with van der Waals surface area (Å²) < 4.78 is 11.1. The molecule has 1 amide bonds. The Balaban J connectivity index is 1.64. The largest absolute Gasteiger partial charge is 0.493 e. The molecule has 0 bridgehead atoms. The fourth-order valence-corrected chi connectivity index (χ4v) is 3.17. The maximum atomic E-state index is 12.2. The Bertz CT molecular complexity index is 1130. The highest BCUT2D eigenvalue weighted by Crippen LogP contribution is 2.28. The van der Waals surface area contributed by atoms with E-state index in [2.05, 4.69) is 23.3 Å². The zero-order chi connectivity index (χ0) is 22.4. The van der Waals surface area contributed by atoms with Gasteiger partial charge in [-0.15, -0.1) is 0 Å². The van der Waals surface area contributed by atoms with Gasteiger partial charge in [-0.2, -0.15) is 0 Å². The van der Waals surface area contributed by atoms with E-state index in [1.807, 2.05) is 44.2 Å². The number of ether oxygens (including phenoxy) is 2. The maximum Gasteiger partial charge on any atom is 0.262 e. The van der Waals surface area contributed by atoms with Crippen LogP contribution in [0.1, 0.15) is 22.3 Å². The van der Waals surface area contributed by atoms with Crippen LogP contribution >= 0.6 is 11.6 Å². The van der Waals surface area contributed by atoms with Crippen molar-refractivity contribution in [1.29, 1.82) is 0 Å². The van der Waals surface area contributed by atoms with Crippen molar-refractivity contribution in [3.63, 3.8) is 0 Å². The molecule has 0 saturated heterocycles. The molecular weight excluding hydrogens is 412 g/mol. The van der Waals surface area contributed by atoms with Crippen molar-refractivity contribution in [2.45, 2.75) is 20.8 Å². The fourth-order valence-electron chi connectivity index (χ4n) is 2.99. The summed E-state index contributed by atoms with van der Waals surface area (Å²) in [6.07, 6.45) is 1.78. The van der Waals surface area contributed by atoms with Gasteiger partial charge in [0, 0.05) is 16.9 Å². The summed E-state index contributed by atoms with van der Waals surface area (Å²) in [6, 6.07) is 16.9. The number of benzene rings is 3. The highest BCUT2D eigenvalue weighted by Gasteiger charge is 2.09. The first kappa shape index (κ1) is 22.4. The number of rotatable bonds is 7. The monoisotopic (exact) mass is 436 g/mol. The lowest BCUT2D eigenvalue weighted by molar-refractivity contribution is -0.118. The van der Waals surface area contributed by atoms with Crippen LogP contribution in [0.5, 0.6) is 11.5 Å². The molecule has 0 aliphatic heterocycles. The number of hydrogen-bond donors (Lipinski definition) is 1. The minimum atomic E-state index is -0.289. The number of carbonyl (C=O) groups excluding carboxylic acids is 1. The highest BCUT2D eigenvalue weighted by atomic mass is 35.5. The molecule has 0 radical (unpaired) electrons. The van der Waals surface area contributed by atoms with Crippen LogP contribution in [-0.4, -0.2) is 25.8 Å². The van der Waals surface area contributed by atoms with Gasteiger partial charge in [0.05, 0.1) is 12.8 Å². The summed E-state index contributed by atoms with van der Waals surface area (Å²) in [6.45, 7) is 5.84. The number of methoxy groups -OCH3 is 1. The van der Waals surface area contributed by atoms with E-state index in [1.165, 1.54) is 5.56 Å². The first-order valence-electron chi connectivity index (χ1n) is 9.84. The maximum absolute atomic E-state index is 12.2. The molecule has 1 N–H and O–H groups in total. The second-order valence-electron chi connectivity index (χ2n) is 7.26. The number of anilines is 1. The number of amides is 1. The van der Waals surface area contributed by atoms with Crippen LogP contribution in [0.4, 0.5) is 11.4 Å². The average molecular weight is 437 g/mol. The van der Waals surface area contributed by atoms with Crippen LogP contribution in [0.25, 0.3) is 0 Å². The highest BCUT2D eigenvalue weighted by molar-refractivity contribution is 6.31. The molecule has 0 aliphatic rings. The smallest absolute Gasteiger partial charge is 0.262 e. The van der Waals surface area contributed by atoms with E-state index in [0.717, 1.165) is 22.4 Å². The number of halogens is 1. The lowest BCUT2D eigenvalue weighted by Gasteiger charge is -2.12. The van der Waals surface area contributed by atoms with Gasteiger partial charge in [-0.25, -0.2) is 0 Å². The van der Waals surface area contributed by atoms with Crippen molar-refractivity contribution < 1.29 is 14.3 Å². The summed E-state index contributed by atoms with van der Waals surface area (Å²) >= 11 is 6.10. The number of hydrogen-bond acceptors (Lipinski definition) is 4. The second-order valence-corrected chi connectivity index (χ2v) is 7.67. The number of nitrogens with zero attached hydrogens (tertiary/aromatic N) is 1. The molecule has 0 saturated carbocycles. The molecule has 160 valence electrons. The van der Waals surface area contributed by atoms with Gasteiger partial charge >= 0.3 is 0 Å². The van der Waals surface area contributed by atoms with Gasteiger partial charge < -0.3 is 14.8 Å². The molecule has 0 atom stereocenters. The van der Waals surface area contributed by atoms with E-state index < -0.39 is 0 Å². The Kier molecular flexibility index (Phi) is 7.32. The molecule has 31 heavy (non-hydrogen) atoms. The predicted octanol–water partition coefficient (Wildman–Crippen LogP) is 6.04. The van der Waals surface area contributed by atoms with Gasteiger partial charge in [-0.05, 0) is 73.9 Å². The van der Waals surface area contributed by atoms with E-state index in [-0.39, 0.29) is 12.5 Å². The van der Waals surface area contributed by atoms with Crippen molar-refractivity contribution in [3.8, 4) is 11.5 Å². The van der Waals surface area contributed by atoms with Gasteiger partial charge in [-0.3, -0.25) is 9.79 Å². The average Bonchev–Trinajstić information content (AvgIpc) is 2.74. The minimum absolute atomic E-state index is 0.155. The molecule has 0 fully saturated rings. The van der Waals surface area contributed by atoms with Gasteiger partial charge in [0.15, 0.2) is 18.1 Å². The molecule has 5 nitrogen and oxygen atoms in total. The standard InChI is InChI=1S/C25H25ClN2O3/c1-16-5-9-22(18(3)11-16)27-14-19-7-10-23(24(12-19)30-4)31-15-25(29)28-20-8-6-17(2)21(26)13-20/h5-14H,15H2,1-4H3,(H,28,29). The van der Waals surface area contributed by atoms with Crippen molar-refractivity contribution >= 4 is 35.1 Å². The first-order valence-corrected chi connectivity index (χ1v) is 10.2. The topological polar surface area (TPSA) is 59.9 Å². The number of aryl methyl sites for hydroxylation is 3. The lowest BCUT2D eigenvalue weighted by atomic mass is 10.1. The van der Waals surface area contributed by atoms with Gasteiger partial charge in [0.2, 0.25) is 0 Å². The molecule has 0 aromatic heterocycles. The van der Waals surface area contributed by atoms with E-state index in [1.54, 1.807) is 31.5 Å². The van der Waals surface area contributed by atoms with Gasteiger partial charge in [-0.1, -0.05) is 35.4 Å². The molecule has 0 unspecified atom stereocenters. The van der Waals surface area contributed by atoms with Crippen LogP contribution in [0.2, 0.25) is 5.02 Å². The third-order valence-corrected chi connectivity index (χ3v) is 5.11. The molecule has 3 aromatic rings. The van der Waals surface area contributed by atoms with E-state index in [9.17, 15) is 4.79 Å². The summed E-state index contributed by atoms with van der Waals surface area (Å²) in [5.41, 5.74) is 5.66. The second kappa shape index (κ2) is 10.1. The normalized spacial score (nSPS) is 10.9. The van der Waals surface area contributed by atoms with Crippen LogP contribution in [0, 0.1) is 20.8 Å². The number of nitrogens with one attached hydrogen (secondary N) is 1. The Labute approximate surface area is 187 Å². The van der Waals surface area contributed by atoms with Crippen molar-refractivity contribution in [3.05, 3.63) is 81.9 Å².